The minimum atomic E-state index is 0.217. The highest BCUT2D eigenvalue weighted by atomic mass is 15.0. The zero-order valence-electron chi connectivity index (χ0n) is 6.46. The van der Waals surface area contributed by atoms with E-state index in [0.29, 0.717) is 0 Å². The second-order valence-corrected chi connectivity index (χ2v) is 2.45. The standard InChI is InChI=1S/C8H11N3/c1-6-2-4-7(5-3-6)11-8(9)10/h2-5H,1H3,(H4,9,10,11)/p+1. The van der Waals surface area contributed by atoms with Gasteiger partial charge in [0.1, 0.15) is 0 Å². The normalized spacial score (nSPS) is 9.18. The Kier molecular flexibility index (Phi) is 2.11. The summed E-state index contributed by atoms with van der Waals surface area (Å²) in [5.74, 6) is 0.217. The van der Waals surface area contributed by atoms with Crippen molar-refractivity contribution in [2.24, 2.45) is 11.5 Å². The predicted molar refractivity (Wildman–Crippen MR) is 45.2 cm³/mol. The van der Waals surface area contributed by atoms with E-state index in [0.717, 1.165) is 5.69 Å². The van der Waals surface area contributed by atoms with Gasteiger partial charge in [-0.3, -0.25) is 11.5 Å². The summed E-state index contributed by atoms with van der Waals surface area (Å²) in [4.78, 5) is 2.80. The fourth-order valence-corrected chi connectivity index (χ4v) is 0.804. The van der Waals surface area contributed by atoms with Crippen molar-refractivity contribution >= 4 is 11.6 Å². The molecule has 0 aliphatic rings. The van der Waals surface area contributed by atoms with Crippen LogP contribution in [-0.2, 0) is 0 Å². The van der Waals surface area contributed by atoms with E-state index in [1.807, 2.05) is 31.2 Å². The number of hydrogen-bond donors (Lipinski definition) is 3. The first-order valence-electron chi connectivity index (χ1n) is 3.40. The first-order valence-corrected chi connectivity index (χ1v) is 3.40. The fraction of sp³-hybridized carbons (Fsp3) is 0.125. The zero-order chi connectivity index (χ0) is 8.27. The molecule has 0 aliphatic heterocycles. The van der Waals surface area contributed by atoms with Crippen molar-refractivity contribution in [2.75, 3.05) is 0 Å². The van der Waals surface area contributed by atoms with Crippen LogP contribution in [0.15, 0.2) is 24.3 Å². The molecule has 0 aliphatic carbocycles. The van der Waals surface area contributed by atoms with E-state index in [1.165, 1.54) is 5.56 Å². The van der Waals surface area contributed by atoms with Crippen LogP contribution in [0.2, 0.25) is 0 Å². The summed E-state index contributed by atoms with van der Waals surface area (Å²) in [6, 6.07) is 7.83. The molecular formula is C8H12N3+. The first-order chi connectivity index (χ1) is 5.18. The largest absolute Gasteiger partial charge is 0.343 e. The van der Waals surface area contributed by atoms with Gasteiger partial charge in [0.15, 0.2) is 0 Å². The van der Waals surface area contributed by atoms with Crippen molar-refractivity contribution in [2.45, 2.75) is 6.92 Å². The molecule has 11 heavy (non-hydrogen) atoms. The molecule has 0 heterocycles. The minimum Gasteiger partial charge on any atom is -0.291 e. The summed E-state index contributed by atoms with van der Waals surface area (Å²) in [5, 5.41) is 0. The lowest BCUT2D eigenvalue weighted by Crippen LogP contribution is -2.72. The molecule has 0 atom stereocenters. The maximum atomic E-state index is 5.25. The molecule has 0 bridgehead atoms. The molecule has 1 rings (SSSR count). The molecule has 0 radical (unpaired) electrons. The van der Waals surface area contributed by atoms with Crippen LogP contribution in [0.3, 0.4) is 0 Å². The molecule has 5 N–H and O–H groups in total. The Labute approximate surface area is 65.7 Å². The second-order valence-electron chi connectivity index (χ2n) is 2.45. The van der Waals surface area contributed by atoms with E-state index in [2.05, 4.69) is 4.99 Å². The molecule has 1 aromatic rings. The molecule has 3 heteroatoms. The number of nitrogens with one attached hydrogen (secondary N) is 1. The van der Waals surface area contributed by atoms with Crippen molar-refractivity contribution in [1.82, 2.24) is 0 Å². The maximum absolute atomic E-state index is 5.25. The molecule has 0 spiro atoms. The van der Waals surface area contributed by atoms with E-state index in [4.69, 9.17) is 11.5 Å². The summed E-state index contributed by atoms with van der Waals surface area (Å²) < 4.78 is 0. The summed E-state index contributed by atoms with van der Waals surface area (Å²) >= 11 is 0. The molecule has 0 unspecified atom stereocenters. The highest BCUT2D eigenvalue weighted by molar-refractivity contribution is 5.70. The second kappa shape index (κ2) is 3.05. The summed E-state index contributed by atoms with van der Waals surface area (Å²) in [6.07, 6.45) is 0. The number of aryl methyl sites for hydroxylation is 1. The van der Waals surface area contributed by atoms with Crippen molar-refractivity contribution < 1.29 is 4.99 Å². The molecule has 0 fully saturated rings. The van der Waals surface area contributed by atoms with Gasteiger partial charge in [0.25, 0.3) is 0 Å². The lowest BCUT2D eigenvalue weighted by molar-refractivity contribution is -0.356. The fourth-order valence-electron chi connectivity index (χ4n) is 0.804. The maximum Gasteiger partial charge on any atom is 0.343 e. The average Bonchev–Trinajstić information content (AvgIpc) is 1.93. The number of guanidine groups is 1. The number of benzene rings is 1. The van der Waals surface area contributed by atoms with Crippen molar-refractivity contribution in [3.63, 3.8) is 0 Å². The van der Waals surface area contributed by atoms with Gasteiger partial charge in [-0.25, -0.2) is 4.99 Å². The molecule has 58 valence electrons. The molecule has 0 aromatic heterocycles. The van der Waals surface area contributed by atoms with Crippen LogP contribution in [0.5, 0.6) is 0 Å². The zero-order valence-corrected chi connectivity index (χ0v) is 6.46. The molecule has 3 nitrogen and oxygen atoms in total. The number of hydrogen-bond acceptors (Lipinski definition) is 0. The monoisotopic (exact) mass is 150 g/mol. The Balaban J connectivity index is 2.91. The Hall–Kier alpha value is -1.51. The number of rotatable bonds is 1. The van der Waals surface area contributed by atoms with E-state index in [1.54, 1.807) is 0 Å². The van der Waals surface area contributed by atoms with Crippen LogP contribution in [0.4, 0.5) is 5.69 Å². The van der Waals surface area contributed by atoms with E-state index in [9.17, 15) is 0 Å². The molecule has 0 saturated heterocycles. The highest BCUT2D eigenvalue weighted by Gasteiger charge is 1.90. The molecular weight excluding hydrogens is 138 g/mol. The third-order valence-electron chi connectivity index (χ3n) is 1.34. The first kappa shape index (κ1) is 7.60. The third-order valence-corrected chi connectivity index (χ3v) is 1.34. The lowest BCUT2D eigenvalue weighted by Gasteiger charge is -1.92. The molecule has 1 aromatic carbocycles. The Bertz CT molecular complexity index is 257. The predicted octanol–water partition coefficient (Wildman–Crippen LogP) is -1.02. The van der Waals surface area contributed by atoms with Crippen molar-refractivity contribution in [3.8, 4) is 0 Å². The third kappa shape index (κ3) is 2.29. The molecule has 0 saturated carbocycles. The highest BCUT2D eigenvalue weighted by Crippen LogP contribution is 2.00. The quantitative estimate of drug-likeness (QED) is 0.354. The Morgan fingerprint density at radius 3 is 2.18 bits per heavy atom. The Morgan fingerprint density at radius 1 is 1.18 bits per heavy atom. The van der Waals surface area contributed by atoms with Gasteiger partial charge >= 0.3 is 5.96 Å². The van der Waals surface area contributed by atoms with Crippen LogP contribution in [0, 0.1) is 6.92 Å². The lowest BCUT2D eigenvalue weighted by atomic mass is 10.2. The van der Waals surface area contributed by atoms with E-state index in [-0.39, 0.29) is 5.96 Å². The summed E-state index contributed by atoms with van der Waals surface area (Å²) in [7, 11) is 0. The minimum absolute atomic E-state index is 0.217. The number of nitrogens with two attached hydrogens (primary N) is 2. The van der Waals surface area contributed by atoms with Crippen LogP contribution in [0.1, 0.15) is 5.56 Å². The van der Waals surface area contributed by atoms with Crippen LogP contribution in [0.25, 0.3) is 0 Å². The van der Waals surface area contributed by atoms with Gasteiger partial charge in [-0.15, -0.1) is 0 Å². The molecule has 0 amide bonds. The van der Waals surface area contributed by atoms with Crippen molar-refractivity contribution in [3.05, 3.63) is 29.8 Å². The van der Waals surface area contributed by atoms with Gasteiger partial charge < -0.3 is 0 Å². The summed E-state index contributed by atoms with van der Waals surface area (Å²) in [5.41, 5.74) is 12.6. The topological polar surface area (TPSA) is 66.0 Å². The smallest absolute Gasteiger partial charge is 0.291 e. The van der Waals surface area contributed by atoms with Crippen LogP contribution in [-0.4, -0.2) is 5.96 Å². The van der Waals surface area contributed by atoms with Crippen LogP contribution >= 0.6 is 0 Å². The summed E-state index contributed by atoms with van der Waals surface area (Å²) in [6.45, 7) is 2.03. The van der Waals surface area contributed by atoms with Crippen LogP contribution < -0.4 is 16.5 Å². The van der Waals surface area contributed by atoms with Crippen molar-refractivity contribution in [1.29, 1.82) is 0 Å². The van der Waals surface area contributed by atoms with Gasteiger partial charge in [0.05, 0.1) is 5.69 Å². The average molecular weight is 150 g/mol. The van der Waals surface area contributed by atoms with Gasteiger partial charge in [-0.1, -0.05) is 17.7 Å². The van der Waals surface area contributed by atoms with Gasteiger partial charge in [0.2, 0.25) is 0 Å². The van der Waals surface area contributed by atoms with Gasteiger partial charge in [-0.2, -0.15) is 0 Å². The van der Waals surface area contributed by atoms with E-state index < -0.39 is 0 Å². The Morgan fingerprint density at radius 2 is 1.73 bits per heavy atom. The van der Waals surface area contributed by atoms with Gasteiger partial charge in [-0.05, 0) is 19.1 Å². The van der Waals surface area contributed by atoms with Gasteiger partial charge in [0, 0.05) is 0 Å². The van der Waals surface area contributed by atoms with E-state index >= 15 is 0 Å². The SMILES string of the molecule is Cc1ccc([NH+]=C(N)N)cc1.